The van der Waals surface area contributed by atoms with Crippen LogP contribution in [0.15, 0.2) is 37.4 Å². The van der Waals surface area contributed by atoms with Crippen molar-refractivity contribution in [2.45, 2.75) is 26.2 Å². The fourth-order valence-electron chi connectivity index (χ4n) is 2.95. The van der Waals surface area contributed by atoms with E-state index in [1.807, 2.05) is 0 Å². The van der Waals surface area contributed by atoms with Gasteiger partial charge in [0.25, 0.3) is 0 Å². The predicted octanol–water partition coefficient (Wildman–Crippen LogP) is -0.339. The minimum absolute atomic E-state index is 0.589. The van der Waals surface area contributed by atoms with Crippen LogP contribution in [0.4, 0.5) is 0 Å². The lowest BCUT2D eigenvalue weighted by Crippen LogP contribution is -2.34. The highest BCUT2D eigenvalue weighted by Gasteiger charge is 2.05. The van der Waals surface area contributed by atoms with E-state index in [1.165, 1.54) is 0 Å². The minimum atomic E-state index is 0.589. The number of aromatic nitrogens is 4. The molecule has 1 aliphatic rings. The first-order valence-electron chi connectivity index (χ1n) is 10.4. The van der Waals surface area contributed by atoms with Crippen LogP contribution in [-0.4, -0.2) is 75.2 Å². The largest absolute Gasteiger partial charge is 0.377 e. The molecule has 0 N–H and O–H groups in total. The van der Waals surface area contributed by atoms with E-state index in [0.29, 0.717) is 66.1 Å². The summed E-state index contributed by atoms with van der Waals surface area (Å²) in [6.07, 6.45) is 12.3. The number of ether oxygens (including phenoxy) is 5. The second-order valence-electron chi connectivity index (χ2n) is 6.84. The molecule has 162 valence electrons. The summed E-state index contributed by atoms with van der Waals surface area (Å²) in [6, 6.07) is 0. The van der Waals surface area contributed by atoms with Gasteiger partial charge in [0, 0.05) is 0 Å². The van der Waals surface area contributed by atoms with E-state index in [1.54, 1.807) is 0 Å². The molecule has 3 rings (SSSR count). The summed E-state index contributed by atoms with van der Waals surface area (Å²) < 4.78 is 36.6. The molecule has 0 spiro atoms. The molecule has 1 aliphatic heterocycles. The van der Waals surface area contributed by atoms with Gasteiger partial charge in [-0.2, -0.15) is 0 Å². The summed E-state index contributed by atoms with van der Waals surface area (Å²) in [5.74, 6) is 0. The molecule has 0 radical (unpaired) electrons. The molecule has 3 heterocycles. The summed E-state index contributed by atoms with van der Waals surface area (Å²) in [5.41, 5.74) is 0. The van der Waals surface area contributed by atoms with E-state index >= 15 is 0 Å². The lowest BCUT2D eigenvalue weighted by Gasteiger charge is -2.06. The number of nitrogens with zero attached hydrogens (tertiary/aromatic N) is 4. The van der Waals surface area contributed by atoms with Crippen molar-refractivity contribution in [3.63, 3.8) is 0 Å². The van der Waals surface area contributed by atoms with Crippen molar-refractivity contribution in [1.29, 1.82) is 0 Å². The highest BCUT2D eigenvalue weighted by atomic mass is 16.5. The number of imidazole rings is 2. The summed E-state index contributed by atoms with van der Waals surface area (Å²) in [7, 11) is 0. The van der Waals surface area contributed by atoms with Gasteiger partial charge in [-0.1, -0.05) is 0 Å². The summed E-state index contributed by atoms with van der Waals surface area (Å²) in [6.45, 7) is 9.57. The molecule has 29 heavy (non-hydrogen) atoms. The Hall–Kier alpha value is -1.78. The highest BCUT2D eigenvalue weighted by Crippen LogP contribution is 1.90. The van der Waals surface area contributed by atoms with Crippen molar-refractivity contribution >= 4 is 0 Å². The number of hydrogen-bond donors (Lipinski definition) is 0. The fraction of sp³-hybridized carbons (Fsp3) is 0.700. The molecule has 9 heteroatoms. The first-order valence-corrected chi connectivity index (χ1v) is 10.4. The quantitative estimate of drug-likeness (QED) is 0.556. The SMILES string of the molecule is c1c[n+]2cn1CCOCCOCCn1cc[n+](c1)CCOCCOCCOCC2. The summed E-state index contributed by atoms with van der Waals surface area (Å²) in [4.78, 5) is 0. The monoisotopic (exact) mass is 410 g/mol. The predicted molar refractivity (Wildman–Crippen MR) is 103 cm³/mol. The summed E-state index contributed by atoms with van der Waals surface area (Å²) in [5, 5.41) is 0. The molecule has 9 nitrogen and oxygen atoms in total. The van der Waals surface area contributed by atoms with Gasteiger partial charge in [-0.25, -0.2) is 18.3 Å². The van der Waals surface area contributed by atoms with Crippen LogP contribution in [0.3, 0.4) is 0 Å². The topological polar surface area (TPSA) is 63.8 Å². The minimum Gasteiger partial charge on any atom is -0.377 e. The third-order valence-corrected chi connectivity index (χ3v) is 4.58. The molecular formula is C20H34N4O5+2. The molecular weight excluding hydrogens is 376 g/mol. The van der Waals surface area contributed by atoms with Crippen LogP contribution in [0.1, 0.15) is 0 Å². The van der Waals surface area contributed by atoms with Gasteiger partial charge in [0.1, 0.15) is 51.0 Å². The van der Waals surface area contributed by atoms with Crippen LogP contribution >= 0.6 is 0 Å². The number of hydrogen-bond acceptors (Lipinski definition) is 5. The Kier molecular flexibility index (Phi) is 10.2. The van der Waals surface area contributed by atoms with Crippen molar-refractivity contribution in [2.24, 2.45) is 0 Å². The van der Waals surface area contributed by atoms with Crippen molar-refractivity contribution < 1.29 is 32.8 Å². The standard InChI is InChI=1S/C20H34N4O5/c1-3-23-7-11-27-15-17-29-18-16-28-12-8-24-4-2-22(20-24)6-10-26-14-13-25-9-5-21(1)19-23/h1-4,19-20H,5-18H2/q+2. The van der Waals surface area contributed by atoms with E-state index in [2.05, 4.69) is 55.7 Å². The van der Waals surface area contributed by atoms with E-state index in [4.69, 9.17) is 23.7 Å². The third kappa shape index (κ3) is 9.05. The Morgan fingerprint density at radius 3 is 1.31 bits per heavy atom. The van der Waals surface area contributed by atoms with Crippen LogP contribution in [0, 0.1) is 0 Å². The molecule has 0 amide bonds. The molecule has 0 saturated heterocycles. The van der Waals surface area contributed by atoms with E-state index in [9.17, 15) is 0 Å². The second kappa shape index (κ2) is 13.4. The van der Waals surface area contributed by atoms with Crippen molar-refractivity contribution in [3.8, 4) is 0 Å². The first kappa shape index (κ1) is 21.9. The van der Waals surface area contributed by atoms with Gasteiger partial charge in [0.2, 0.25) is 12.7 Å². The maximum absolute atomic E-state index is 5.66. The van der Waals surface area contributed by atoms with Gasteiger partial charge < -0.3 is 23.7 Å². The second-order valence-corrected chi connectivity index (χ2v) is 6.84. The molecule has 2 aromatic heterocycles. The maximum Gasteiger partial charge on any atom is 0.243 e. The van der Waals surface area contributed by atoms with Gasteiger partial charge in [-0.05, 0) is 0 Å². The number of rotatable bonds is 0. The maximum atomic E-state index is 5.66. The van der Waals surface area contributed by atoms with Gasteiger partial charge >= 0.3 is 0 Å². The zero-order chi connectivity index (χ0) is 20.0. The van der Waals surface area contributed by atoms with Crippen molar-refractivity contribution in [2.75, 3.05) is 66.1 Å². The van der Waals surface area contributed by atoms with Crippen molar-refractivity contribution in [3.05, 3.63) is 37.4 Å². The van der Waals surface area contributed by atoms with Gasteiger partial charge in [0.05, 0.1) is 66.1 Å². The summed E-state index contributed by atoms with van der Waals surface area (Å²) >= 11 is 0. The Balaban J connectivity index is 1.39. The van der Waals surface area contributed by atoms with Crippen molar-refractivity contribution in [1.82, 2.24) is 9.13 Å². The van der Waals surface area contributed by atoms with Crippen LogP contribution < -0.4 is 9.13 Å². The zero-order valence-corrected chi connectivity index (χ0v) is 17.2. The molecule has 4 bridgehead atoms. The molecule has 0 atom stereocenters. The van der Waals surface area contributed by atoms with E-state index < -0.39 is 0 Å². The van der Waals surface area contributed by atoms with E-state index in [-0.39, 0.29) is 0 Å². The molecule has 2 aromatic rings. The Labute approximate surface area is 172 Å². The average Bonchev–Trinajstić information content (AvgIpc) is 3.37. The lowest BCUT2D eigenvalue weighted by atomic mass is 10.6. The molecule has 0 unspecified atom stereocenters. The number of fused-ring (bicyclic) bond motifs is 4. The first-order chi connectivity index (χ1) is 14.4. The van der Waals surface area contributed by atoms with Crippen LogP contribution in [0.25, 0.3) is 0 Å². The molecule has 0 aromatic carbocycles. The van der Waals surface area contributed by atoms with Gasteiger partial charge in [-0.3, -0.25) is 0 Å². The van der Waals surface area contributed by atoms with Crippen LogP contribution in [0.2, 0.25) is 0 Å². The zero-order valence-electron chi connectivity index (χ0n) is 17.2. The Morgan fingerprint density at radius 2 is 0.862 bits per heavy atom. The Morgan fingerprint density at radius 1 is 0.483 bits per heavy atom. The third-order valence-electron chi connectivity index (χ3n) is 4.58. The van der Waals surface area contributed by atoms with Crippen LogP contribution in [0.5, 0.6) is 0 Å². The van der Waals surface area contributed by atoms with Gasteiger partial charge in [0.15, 0.2) is 0 Å². The normalized spacial score (nSPS) is 19.9. The molecule has 0 aliphatic carbocycles. The fourth-order valence-corrected chi connectivity index (χ4v) is 2.95. The van der Waals surface area contributed by atoms with E-state index in [0.717, 1.165) is 26.2 Å². The van der Waals surface area contributed by atoms with Gasteiger partial charge in [-0.15, -0.1) is 0 Å². The molecule has 0 fully saturated rings. The Bertz CT molecular complexity index is 619. The van der Waals surface area contributed by atoms with Crippen LogP contribution in [-0.2, 0) is 49.9 Å². The lowest BCUT2D eigenvalue weighted by molar-refractivity contribution is -0.698. The average molecular weight is 411 g/mol. The highest BCUT2D eigenvalue weighted by molar-refractivity contribution is 4.66. The smallest absolute Gasteiger partial charge is 0.243 e. The molecule has 0 saturated carbocycles.